The summed E-state index contributed by atoms with van der Waals surface area (Å²) in [5.74, 6) is 0.298. The molecule has 2 rings (SSSR count). The smallest absolute Gasteiger partial charge is 0.311 e. The fourth-order valence-electron chi connectivity index (χ4n) is 2.05. The zero-order chi connectivity index (χ0) is 15.4. The molecule has 2 aromatic rings. The third kappa shape index (κ3) is 3.70. The summed E-state index contributed by atoms with van der Waals surface area (Å²) < 4.78 is 0. The van der Waals surface area contributed by atoms with Crippen LogP contribution in [0.4, 0.5) is 11.5 Å². The number of pyridine rings is 1. The molecule has 6 heteroatoms. The molecule has 0 atom stereocenters. The van der Waals surface area contributed by atoms with E-state index >= 15 is 0 Å². The second kappa shape index (κ2) is 6.54. The van der Waals surface area contributed by atoms with Crippen molar-refractivity contribution < 1.29 is 4.92 Å². The van der Waals surface area contributed by atoms with E-state index in [0.717, 1.165) is 5.56 Å². The van der Waals surface area contributed by atoms with E-state index < -0.39 is 4.92 Å². The predicted molar refractivity (Wildman–Crippen MR) is 83.7 cm³/mol. The Kier molecular flexibility index (Phi) is 4.75. The van der Waals surface area contributed by atoms with Gasteiger partial charge in [-0.3, -0.25) is 10.1 Å². The molecule has 0 fully saturated rings. The molecule has 0 saturated heterocycles. The highest BCUT2D eigenvalue weighted by Crippen LogP contribution is 2.30. The number of halogens is 1. The van der Waals surface area contributed by atoms with E-state index in [0.29, 0.717) is 12.4 Å². The molecule has 0 unspecified atom stereocenters. The topological polar surface area (TPSA) is 59.3 Å². The molecular formula is C15H16ClN3O2. The van der Waals surface area contributed by atoms with Crippen LogP contribution >= 0.6 is 11.6 Å². The summed E-state index contributed by atoms with van der Waals surface area (Å²) >= 11 is 5.91. The fourth-order valence-corrected chi connectivity index (χ4v) is 2.20. The largest absolute Gasteiger partial charge is 0.344 e. The quantitative estimate of drug-likeness (QED) is 0.475. The highest BCUT2D eigenvalue weighted by Gasteiger charge is 2.23. The predicted octanol–water partition coefficient (Wildman–Crippen LogP) is 4.06. The van der Waals surface area contributed by atoms with E-state index in [4.69, 9.17) is 11.6 Å². The summed E-state index contributed by atoms with van der Waals surface area (Å²) in [6.45, 7) is 4.47. The lowest BCUT2D eigenvalue weighted by Gasteiger charge is -2.27. The Bertz CT molecular complexity index is 632. The second-order valence-corrected chi connectivity index (χ2v) is 5.33. The number of benzene rings is 1. The Morgan fingerprint density at radius 3 is 2.48 bits per heavy atom. The van der Waals surface area contributed by atoms with E-state index in [9.17, 15) is 10.1 Å². The molecule has 0 bridgehead atoms. The molecule has 110 valence electrons. The van der Waals surface area contributed by atoms with Crippen molar-refractivity contribution in [3.8, 4) is 0 Å². The maximum atomic E-state index is 11.2. The highest BCUT2D eigenvalue weighted by atomic mass is 35.5. The second-order valence-electron chi connectivity index (χ2n) is 4.94. The summed E-state index contributed by atoms with van der Waals surface area (Å²) in [5.41, 5.74) is 1.02. The average molecular weight is 306 g/mol. The Morgan fingerprint density at radius 2 is 1.90 bits per heavy atom. The molecule has 1 heterocycles. The maximum Gasteiger partial charge on any atom is 0.311 e. The molecule has 0 saturated carbocycles. The summed E-state index contributed by atoms with van der Waals surface area (Å²) in [5, 5.41) is 11.5. The first-order chi connectivity index (χ1) is 9.99. The van der Waals surface area contributed by atoms with Crippen molar-refractivity contribution in [1.82, 2.24) is 4.98 Å². The van der Waals surface area contributed by atoms with Crippen molar-refractivity contribution in [2.75, 3.05) is 4.90 Å². The maximum absolute atomic E-state index is 11.2. The number of rotatable bonds is 5. The van der Waals surface area contributed by atoms with Gasteiger partial charge in [0.2, 0.25) is 5.82 Å². The van der Waals surface area contributed by atoms with Gasteiger partial charge in [-0.1, -0.05) is 41.9 Å². The molecule has 0 spiro atoms. The SMILES string of the molecule is CC(C)N(Cc1ccccc1)c1nc(Cl)ccc1[N+](=O)[O-]. The van der Waals surface area contributed by atoms with Crippen LogP contribution in [-0.2, 0) is 6.54 Å². The molecule has 0 aliphatic heterocycles. The number of nitro groups is 1. The molecule has 1 aromatic carbocycles. The van der Waals surface area contributed by atoms with Crippen molar-refractivity contribution in [2.24, 2.45) is 0 Å². The van der Waals surface area contributed by atoms with Crippen LogP contribution in [0.3, 0.4) is 0 Å². The minimum atomic E-state index is -0.432. The Labute approximate surface area is 128 Å². The Morgan fingerprint density at radius 1 is 1.24 bits per heavy atom. The minimum Gasteiger partial charge on any atom is -0.344 e. The molecular weight excluding hydrogens is 290 g/mol. The van der Waals surface area contributed by atoms with E-state index in [1.54, 1.807) is 0 Å². The van der Waals surface area contributed by atoms with Gasteiger partial charge < -0.3 is 4.90 Å². The summed E-state index contributed by atoms with van der Waals surface area (Å²) in [6.07, 6.45) is 0. The van der Waals surface area contributed by atoms with E-state index in [-0.39, 0.29) is 16.9 Å². The number of anilines is 1. The van der Waals surface area contributed by atoms with Gasteiger partial charge in [0.1, 0.15) is 5.15 Å². The third-order valence-corrected chi connectivity index (χ3v) is 3.32. The lowest BCUT2D eigenvalue weighted by Crippen LogP contribution is -2.31. The van der Waals surface area contributed by atoms with Crippen LogP contribution in [0, 0.1) is 10.1 Å². The third-order valence-electron chi connectivity index (χ3n) is 3.11. The molecule has 0 amide bonds. The van der Waals surface area contributed by atoms with Crippen molar-refractivity contribution in [2.45, 2.75) is 26.4 Å². The van der Waals surface area contributed by atoms with Crippen LogP contribution in [0.1, 0.15) is 19.4 Å². The van der Waals surface area contributed by atoms with Gasteiger partial charge in [0.15, 0.2) is 0 Å². The minimum absolute atomic E-state index is 0.0379. The average Bonchev–Trinajstić information content (AvgIpc) is 2.45. The molecule has 0 N–H and O–H groups in total. The lowest BCUT2D eigenvalue weighted by molar-refractivity contribution is -0.384. The Balaban J connectivity index is 2.43. The van der Waals surface area contributed by atoms with E-state index in [1.807, 2.05) is 49.1 Å². The molecule has 0 radical (unpaired) electrons. The van der Waals surface area contributed by atoms with Crippen LogP contribution < -0.4 is 4.90 Å². The van der Waals surface area contributed by atoms with Gasteiger partial charge in [-0.05, 0) is 25.5 Å². The number of hydrogen-bond donors (Lipinski definition) is 0. The Hall–Kier alpha value is -2.14. The number of aromatic nitrogens is 1. The van der Waals surface area contributed by atoms with Crippen LogP contribution in [0.25, 0.3) is 0 Å². The summed E-state index contributed by atoms with van der Waals surface area (Å²) in [6, 6.07) is 12.6. The summed E-state index contributed by atoms with van der Waals surface area (Å²) in [7, 11) is 0. The first kappa shape index (κ1) is 15.3. The highest BCUT2D eigenvalue weighted by molar-refractivity contribution is 6.29. The molecule has 5 nitrogen and oxygen atoms in total. The van der Waals surface area contributed by atoms with Gasteiger partial charge in [0.25, 0.3) is 0 Å². The van der Waals surface area contributed by atoms with Crippen LogP contribution in [-0.4, -0.2) is 15.9 Å². The van der Waals surface area contributed by atoms with Gasteiger partial charge in [-0.15, -0.1) is 0 Å². The fraction of sp³-hybridized carbons (Fsp3) is 0.267. The lowest BCUT2D eigenvalue weighted by atomic mass is 10.2. The van der Waals surface area contributed by atoms with E-state index in [1.165, 1.54) is 12.1 Å². The standard InChI is InChI=1S/C15H16ClN3O2/c1-11(2)18(10-12-6-4-3-5-7-12)15-13(19(20)21)8-9-14(16)17-15/h3-9,11H,10H2,1-2H3. The first-order valence-electron chi connectivity index (χ1n) is 6.60. The zero-order valence-electron chi connectivity index (χ0n) is 11.9. The van der Waals surface area contributed by atoms with Gasteiger partial charge in [0, 0.05) is 18.7 Å². The molecule has 0 aliphatic rings. The van der Waals surface area contributed by atoms with E-state index in [2.05, 4.69) is 4.98 Å². The van der Waals surface area contributed by atoms with Gasteiger partial charge in [0.05, 0.1) is 4.92 Å². The van der Waals surface area contributed by atoms with Crippen LogP contribution in [0.15, 0.2) is 42.5 Å². The first-order valence-corrected chi connectivity index (χ1v) is 6.98. The number of nitrogens with zero attached hydrogens (tertiary/aromatic N) is 3. The van der Waals surface area contributed by atoms with Crippen molar-refractivity contribution in [1.29, 1.82) is 0 Å². The van der Waals surface area contributed by atoms with Crippen molar-refractivity contribution >= 4 is 23.1 Å². The molecule has 21 heavy (non-hydrogen) atoms. The van der Waals surface area contributed by atoms with Gasteiger partial charge in [-0.2, -0.15) is 0 Å². The van der Waals surface area contributed by atoms with Crippen LogP contribution in [0.5, 0.6) is 0 Å². The molecule has 1 aromatic heterocycles. The van der Waals surface area contributed by atoms with Gasteiger partial charge in [-0.25, -0.2) is 4.98 Å². The summed E-state index contributed by atoms with van der Waals surface area (Å²) in [4.78, 5) is 16.8. The monoisotopic (exact) mass is 305 g/mol. The van der Waals surface area contributed by atoms with Crippen molar-refractivity contribution in [3.05, 3.63) is 63.3 Å². The van der Waals surface area contributed by atoms with Crippen LogP contribution in [0.2, 0.25) is 5.15 Å². The zero-order valence-corrected chi connectivity index (χ0v) is 12.6. The normalized spacial score (nSPS) is 10.7. The number of hydrogen-bond acceptors (Lipinski definition) is 4. The van der Waals surface area contributed by atoms with Crippen molar-refractivity contribution in [3.63, 3.8) is 0 Å². The molecule has 0 aliphatic carbocycles. The van der Waals surface area contributed by atoms with Gasteiger partial charge >= 0.3 is 5.69 Å².